The van der Waals surface area contributed by atoms with Crippen LogP contribution in [0.25, 0.3) is 11.7 Å². The molecule has 152 valence electrons. The van der Waals surface area contributed by atoms with Crippen molar-refractivity contribution >= 4 is 51.7 Å². The van der Waals surface area contributed by atoms with Gasteiger partial charge in [-0.05, 0) is 37.5 Å². The highest BCUT2D eigenvalue weighted by molar-refractivity contribution is 8.26. The van der Waals surface area contributed by atoms with Crippen LogP contribution in [0.5, 0.6) is 0 Å². The van der Waals surface area contributed by atoms with Crippen LogP contribution in [0.15, 0.2) is 28.0 Å². The van der Waals surface area contributed by atoms with E-state index in [2.05, 4.69) is 4.90 Å². The number of rotatable bonds is 5. The summed E-state index contributed by atoms with van der Waals surface area (Å²) >= 11 is 6.57. The molecule has 4 heterocycles. The van der Waals surface area contributed by atoms with E-state index in [0.717, 1.165) is 31.5 Å². The molecule has 7 nitrogen and oxygen atoms in total. The summed E-state index contributed by atoms with van der Waals surface area (Å²) in [6.45, 7) is 4.44. The van der Waals surface area contributed by atoms with Gasteiger partial charge in [-0.1, -0.05) is 30.0 Å². The molecule has 0 bridgehead atoms. The van der Waals surface area contributed by atoms with Gasteiger partial charge in [0.1, 0.15) is 15.8 Å². The number of hydrogen-bond acceptors (Lipinski definition) is 7. The van der Waals surface area contributed by atoms with E-state index in [-0.39, 0.29) is 11.5 Å². The van der Waals surface area contributed by atoms with Gasteiger partial charge in [0.15, 0.2) is 0 Å². The van der Waals surface area contributed by atoms with Gasteiger partial charge in [0.05, 0.1) is 23.6 Å². The largest absolute Gasteiger partial charge is 0.383 e. The predicted octanol–water partition coefficient (Wildman–Crippen LogP) is 2.45. The summed E-state index contributed by atoms with van der Waals surface area (Å²) < 4.78 is 7.09. The minimum absolute atomic E-state index is 0.178. The van der Waals surface area contributed by atoms with Gasteiger partial charge in [0, 0.05) is 26.4 Å². The molecule has 2 aliphatic rings. The molecule has 2 fully saturated rings. The number of carbonyl (C=O) groups is 1. The number of carbonyl (C=O) groups excluding carboxylic acids is 1. The number of thioether (sulfide) groups is 1. The monoisotopic (exact) mass is 430 g/mol. The zero-order valence-corrected chi connectivity index (χ0v) is 18.0. The number of nitrogens with zero attached hydrogens (tertiary/aromatic N) is 4. The summed E-state index contributed by atoms with van der Waals surface area (Å²) in [5.41, 5.74) is 1.83. The van der Waals surface area contributed by atoms with Crippen LogP contribution in [0.1, 0.15) is 24.0 Å². The molecule has 0 aliphatic carbocycles. The molecule has 1 amide bonds. The van der Waals surface area contributed by atoms with Crippen molar-refractivity contribution in [3.8, 4) is 0 Å². The maximum absolute atomic E-state index is 13.4. The molecule has 0 atom stereocenters. The molecule has 0 aromatic carbocycles. The highest BCUT2D eigenvalue weighted by Crippen LogP contribution is 2.33. The number of anilines is 1. The second-order valence-corrected chi connectivity index (χ2v) is 8.74. The minimum atomic E-state index is -0.196. The van der Waals surface area contributed by atoms with Crippen LogP contribution in [0.2, 0.25) is 0 Å². The molecule has 2 aromatic heterocycles. The molecule has 4 rings (SSSR count). The number of ether oxygens (including phenoxy) is 1. The normalized spacial score (nSPS) is 18.6. The van der Waals surface area contributed by atoms with Gasteiger partial charge in [-0.15, -0.1) is 0 Å². The summed E-state index contributed by atoms with van der Waals surface area (Å²) in [7, 11) is 1.58. The average molecular weight is 431 g/mol. The van der Waals surface area contributed by atoms with Crippen LogP contribution in [-0.4, -0.2) is 57.9 Å². The molecule has 0 saturated carbocycles. The third kappa shape index (κ3) is 3.70. The van der Waals surface area contributed by atoms with Crippen molar-refractivity contribution in [3.63, 3.8) is 0 Å². The second-order valence-electron chi connectivity index (χ2n) is 7.06. The SMILES string of the molecule is COCCN1C(=O)/C(=C/c2c(N3CCCC3)nc3c(C)cccn3c2=O)SC1=S. The molecular weight excluding hydrogens is 408 g/mol. The van der Waals surface area contributed by atoms with Crippen LogP contribution < -0.4 is 10.5 Å². The number of methoxy groups -OCH3 is 1. The van der Waals surface area contributed by atoms with E-state index in [1.54, 1.807) is 23.8 Å². The summed E-state index contributed by atoms with van der Waals surface area (Å²) in [6.07, 6.45) is 5.50. The van der Waals surface area contributed by atoms with Crippen molar-refractivity contribution in [1.82, 2.24) is 14.3 Å². The average Bonchev–Trinajstić information content (AvgIpc) is 3.32. The Labute approximate surface area is 178 Å². The van der Waals surface area contributed by atoms with E-state index in [9.17, 15) is 9.59 Å². The summed E-state index contributed by atoms with van der Waals surface area (Å²) in [5, 5.41) is 0. The van der Waals surface area contributed by atoms with E-state index >= 15 is 0 Å². The number of amides is 1. The van der Waals surface area contributed by atoms with Crippen molar-refractivity contribution in [1.29, 1.82) is 0 Å². The number of hydrogen-bond donors (Lipinski definition) is 0. The van der Waals surface area contributed by atoms with Crippen molar-refractivity contribution in [3.05, 3.63) is 44.7 Å². The maximum atomic E-state index is 13.4. The lowest BCUT2D eigenvalue weighted by Gasteiger charge is -2.20. The number of aryl methyl sites for hydroxylation is 1. The molecular formula is C20H22N4O3S2. The van der Waals surface area contributed by atoms with Gasteiger partial charge in [-0.25, -0.2) is 4.98 Å². The molecule has 2 aromatic rings. The van der Waals surface area contributed by atoms with Gasteiger partial charge < -0.3 is 9.64 Å². The summed E-state index contributed by atoms with van der Waals surface area (Å²) in [4.78, 5) is 35.1. The van der Waals surface area contributed by atoms with Crippen molar-refractivity contribution in [2.24, 2.45) is 0 Å². The standard InChI is InChI=1S/C20H22N4O3S2/c1-13-6-5-9-23-16(13)21-17(22-7-3-4-8-22)14(18(23)25)12-15-19(26)24(10-11-27-2)20(28)29-15/h5-6,9,12H,3-4,7-8,10-11H2,1-2H3/b15-12-. The van der Waals surface area contributed by atoms with E-state index in [4.69, 9.17) is 21.9 Å². The first-order chi connectivity index (χ1) is 14.0. The van der Waals surface area contributed by atoms with E-state index in [0.29, 0.717) is 39.4 Å². The van der Waals surface area contributed by atoms with Crippen molar-refractivity contribution in [2.75, 3.05) is 38.3 Å². The highest BCUT2D eigenvalue weighted by atomic mass is 32.2. The quantitative estimate of drug-likeness (QED) is 0.533. The Morgan fingerprint density at radius 1 is 1.31 bits per heavy atom. The van der Waals surface area contributed by atoms with Crippen LogP contribution >= 0.6 is 24.0 Å². The van der Waals surface area contributed by atoms with Crippen LogP contribution in [-0.2, 0) is 9.53 Å². The number of aromatic nitrogens is 2. The van der Waals surface area contributed by atoms with Gasteiger partial charge in [0.25, 0.3) is 11.5 Å². The highest BCUT2D eigenvalue weighted by Gasteiger charge is 2.32. The van der Waals surface area contributed by atoms with Gasteiger partial charge >= 0.3 is 0 Å². The Bertz CT molecular complexity index is 1070. The summed E-state index contributed by atoms with van der Waals surface area (Å²) in [5.74, 6) is 0.446. The number of pyridine rings is 1. The van der Waals surface area contributed by atoms with E-state index < -0.39 is 0 Å². The van der Waals surface area contributed by atoms with Gasteiger partial charge in [0.2, 0.25) is 0 Å². The van der Waals surface area contributed by atoms with E-state index in [1.807, 2.05) is 19.1 Å². The molecule has 2 saturated heterocycles. The van der Waals surface area contributed by atoms with Gasteiger partial charge in [-0.2, -0.15) is 0 Å². The minimum Gasteiger partial charge on any atom is -0.383 e. The number of thiocarbonyl (C=S) groups is 1. The first-order valence-electron chi connectivity index (χ1n) is 9.52. The lowest BCUT2D eigenvalue weighted by atomic mass is 10.2. The van der Waals surface area contributed by atoms with Crippen LogP contribution in [0, 0.1) is 6.92 Å². The molecule has 0 spiro atoms. The first-order valence-corrected chi connectivity index (χ1v) is 10.7. The Kier molecular flexibility index (Phi) is 5.71. The molecule has 9 heteroatoms. The molecule has 29 heavy (non-hydrogen) atoms. The van der Waals surface area contributed by atoms with Crippen LogP contribution in [0.4, 0.5) is 5.82 Å². The Morgan fingerprint density at radius 2 is 2.07 bits per heavy atom. The lowest BCUT2D eigenvalue weighted by molar-refractivity contribution is -0.122. The number of fused-ring (bicyclic) bond motifs is 1. The fraction of sp³-hybridized carbons (Fsp3) is 0.400. The fourth-order valence-electron chi connectivity index (χ4n) is 3.60. The third-order valence-corrected chi connectivity index (χ3v) is 6.52. The predicted molar refractivity (Wildman–Crippen MR) is 119 cm³/mol. The zero-order chi connectivity index (χ0) is 20.5. The topological polar surface area (TPSA) is 67.2 Å². The van der Waals surface area contributed by atoms with E-state index in [1.165, 1.54) is 16.7 Å². The van der Waals surface area contributed by atoms with Crippen molar-refractivity contribution < 1.29 is 9.53 Å². The van der Waals surface area contributed by atoms with Crippen molar-refractivity contribution in [2.45, 2.75) is 19.8 Å². The Balaban J connectivity index is 1.84. The molecule has 0 radical (unpaired) electrons. The molecule has 0 N–H and O–H groups in total. The summed E-state index contributed by atoms with van der Waals surface area (Å²) in [6, 6.07) is 3.77. The lowest BCUT2D eigenvalue weighted by Crippen LogP contribution is -2.31. The molecule has 0 unspecified atom stereocenters. The zero-order valence-electron chi connectivity index (χ0n) is 16.4. The second kappa shape index (κ2) is 8.25. The first kappa shape index (κ1) is 20.1. The fourth-order valence-corrected chi connectivity index (χ4v) is 4.89. The molecule has 2 aliphatic heterocycles. The maximum Gasteiger partial charge on any atom is 0.267 e. The third-order valence-electron chi connectivity index (χ3n) is 5.14. The Morgan fingerprint density at radius 3 is 2.79 bits per heavy atom. The van der Waals surface area contributed by atoms with Crippen LogP contribution in [0.3, 0.4) is 0 Å². The smallest absolute Gasteiger partial charge is 0.267 e. The Hall–Kier alpha value is -2.23. The van der Waals surface area contributed by atoms with Gasteiger partial charge in [-0.3, -0.25) is 18.9 Å².